The van der Waals surface area contributed by atoms with E-state index in [1.54, 1.807) is 11.6 Å². The van der Waals surface area contributed by atoms with E-state index in [2.05, 4.69) is 14.8 Å². The fourth-order valence-electron chi connectivity index (χ4n) is 2.75. The molecule has 0 radical (unpaired) electrons. The summed E-state index contributed by atoms with van der Waals surface area (Å²) in [6.07, 6.45) is 3.84. The standard InChI is InChI=1S/C14H18N4O4S2/c1-10-5-6-11(23(2,19)20)8-13(10)24(21,22)17-12-4-3-7-18-14(12)15-9-16-18/h5-6,8-9,12,17H,3-4,7H2,1-2H3/t12-/m0/s1. The first-order chi connectivity index (χ1) is 11.2. The van der Waals surface area contributed by atoms with Crippen molar-refractivity contribution in [3.63, 3.8) is 0 Å². The van der Waals surface area contributed by atoms with Crippen LogP contribution in [0.15, 0.2) is 34.3 Å². The van der Waals surface area contributed by atoms with Gasteiger partial charge in [0, 0.05) is 12.8 Å². The average Bonchev–Trinajstić information content (AvgIpc) is 2.95. The summed E-state index contributed by atoms with van der Waals surface area (Å²) in [5, 5.41) is 4.07. The van der Waals surface area contributed by atoms with E-state index in [4.69, 9.17) is 0 Å². The van der Waals surface area contributed by atoms with Crippen molar-refractivity contribution in [2.24, 2.45) is 0 Å². The van der Waals surface area contributed by atoms with Crippen molar-refractivity contribution < 1.29 is 16.8 Å². The van der Waals surface area contributed by atoms with Gasteiger partial charge in [-0.05, 0) is 37.5 Å². The van der Waals surface area contributed by atoms with E-state index < -0.39 is 25.9 Å². The molecule has 1 N–H and O–H groups in total. The van der Waals surface area contributed by atoms with Crippen molar-refractivity contribution >= 4 is 19.9 Å². The number of sulfone groups is 1. The number of hydrogen-bond donors (Lipinski definition) is 1. The lowest BCUT2D eigenvalue weighted by atomic mass is 10.1. The molecule has 1 atom stereocenters. The van der Waals surface area contributed by atoms with Crippen molar-refractivity contribution in [3.05, 3.63) is 35.9 Å². The number of hydrogen-bond acceptors (Lipinski definition) is 6. The van der Waals surface area contributed by atoms with E-state index in [1.807, 2.05) is 0 Å². The Balaban J connectivity index is 1.98. The van der Waals surface area contributed by atoms with Gasteiger partial charge >= 0.3 is 0 Å². The predicted octanol–water partition coefficient (Wildman–Crippen LogP) is 0.803. The molecule has 0 spiro atoms. The van der Waals surface area contributed by atoms with Crippen molar-refractivity contribution in [2.45, 2.75) is 42.1 Å². The van der Waals surface area contributed by atoms with E-state index in [1.165, 1.54) is 24.5 Å². The van der Waals surface area contributed by atoms with Crippen LogP contribution in [-0.2, 0) is 26.4 Å². The molecule has 3 rings (SSSR count). The van der Waals surface area contributed by atoms with Gasteiger partial charge in [0.2, 0.25) is 10.0 Å². The smallest absolute Gasteiger partial charge is 0.241 e. The Morgan fingerprint density at radius 2 is 2.00 bits per heavy atom. The second-order valence-corrected chi connectivity index (χ2v) is 9.56. The van der Waals surface area contributed by atoms with Gasteiger partial charge in [0.05, 0.1) is 15.8 Å². The monoisotopic (exact) mass is 370 g/mol. The molecule has 2 aromatic rings. The highest BCUT2D eigenvalue weighted by molar-refractivity contribution is 7.91. The van der Waals surface area contributed by atoms with Crippen LogP contribution < -0.4 is 4.72 Å². The van der Waals surface area contributed by atoms with Crippen LogP contribution in [0.2, 0.25) is 0 Å². The van der Waals surface area contributed by atoms with E-state index in [0.29, 0.717) is 24.4 Å². The van der Waals surface area contributed by atoms with Crippen molar-refractivity contribution in [2.75, 3.05) is 6.26 Å². The molecule has 0 bridgehead atoms. The maximum Gasteiger partial charge on any atom is 0.241 e. The topological polar surface area (TPSA) is 111 Å². The summed E-state index contributed by atoms with van der Waals surface area (Å²) in [6.45, 7) is 2.33. The Morgan fingerprint density at radius 3 is 2.71 bits per heavy atom. The summed E-state index contributed by atoms with van der Waals surface area (Å²) in [6, 6.07) is 3.61. The predicted molar refractivity (Wildman–Crippen MR) is 86.6 cm³/mol. The molecule has 24 heavy (non-hydrogen) atoms. The molecule has 10 heteroatoms. The summed E-state index contributed by atoms with van der Waals surface area (Å²) in [4.78, 5) is 4.06. The van der Waals surface area contributed by atoms with Gasteiger partial charge in [0.15, 0.2) is 9.84 Å². The SMILES string of the molecule is Cc1ccc(S(C)(=O)=O)cc1S(=O)(=O)N[C@H]1CCCn2ncnc21. The number of fused-ring (bicyclic) bond motifs is 1. The van der Waals surface area contributed by atoms with Gasteiger partial charge in [-0.2, -0.15) is 5.10 Å². The zero-order valence-corrected chi connectivity index (χ0v) is 14.9. The van der Waals surface area contributed by atoms with Crippen LogP contribution in [0.5, 0.6) is 0 Å². The molecule has 130 valence electrons. The third kappa shape index (κ3) is 3.21. The first-order valence-electron chi connectivity index (χ1n) is 7.39. The Labute approximate surface area is 140 Å². The molecule has 0 saturated carbocycles. The molecule has 0 unspecified atom stereocenters. The van der Waals surface area contributed by atoms with Gasteiger partial charge in [-0.1, -0.05) is 6.07 Å². The van der Waals surface area contributed by atoms with Crippen LogP contribution in [0.1, 0.15) is 30.3 Å². The number of aromatic nitrogens is 3. The summed E-state index contributed by atoms with van der Waals surface area (Å²) < 4.78 is 53.3. The van der Waals surface area contributed by atoms with Gasteiger partial charge in [0.25, 0.3) is 0 Å². The molecule has 1 aliphatic heterocycles. The number of aryl methyl sites for hydroxylation is 2. The third-order valence-electron chi connectivity index (χ3n) is 3.99. The number of benzene rings is 1. The Bertz CT molecular complexity index is 980. The molecular weight excluding hydrogens is 352 g/mol. The minimum Gasteiger partial charge on any atom is -0.248 e. The first-order valence-corrected chi connectivity index (χ1v) is 10.8. The fourth-order valence-corrected chi connectivity index (χ4v) is 4.97. The second-order valence-electron chi connectivity index (χ2n) is 5.86. The number of sulfonamides is 1. The highest BCUT2D eigenvalue weighted by Crippen LogP contribution is 2.26. The van der Waals surface area contributed by atoms with Gasteiger partial charge in [-0.3, -0.25) is 0 Å². The highest BCUT2D eigenvalue weighted by atomic mass is 32.2. The molecule has 1 aromatic heterocycles. The molecule has 0 aliphatic carbocycles. The van der Waals surface area contributed by atoms with E-state index >= 15 is 0 Å². The van der Waals surface area contributed by atoms with Gasteiger partial charge in [0.1, 0.15) is 12.2 Å². The van der Waals surface area contributed by atoms with Crippen molar-refractivity contribution in [3.8, 4) is 0 Å². The molecule has 1 aromatic carbocycles. The number of nitrogens with one attached hydrogen (secondary N) is 1. The van der Waals surface area contributed by atoms with Crippen LogP contribution in [0.25, 0.3) is 0 Å². The Kier molecular flexibility index (Phi) is 4.22. The summed E-state index contributed by atoms with van der Waals surface area (Å²) in [5.41, 5.74) is 0.479. The zero-order valence-electron chi connectivity index (χ0n) is 13.3. The maximum atomic E-state index is 12.8. The summed E-state index contributed by atoms with van der Waals surface area (Å²) in [5.74, 6) is 0.571. The second kappa shape index (κ2) is 5.94. The first kappa shape index (κ1) is 17.1. The van der Waals surface area contributed by atoms with Crippen LogP contribution >= 0.6 is 0 Å². The van der Waals surface area contributed by atoms with Gasteiger partial charge in [-0.15, -0.1) is 0 Å². The van der Waals surface area contributed by atoms with Crippen molar-refractivity contribution in [1.82, 2.24) is 19.5 Å². The van der Waals surface area contributed by atoms with Gasteiger partial charge in [-0.25, -0.2) is 31.2 Å². The lowest BCUT2D eigenvalue weighted by Crippen LogP contribution is -2.33. The maximum absolute atomic E-state index is 12.8. The Hall–Kier alpha value is -1.78. The van der Waals surface area contributed by atoms with Crippen LogP contribution in [0, 0.1) is 6.92 Å². The summed E-state index contributed by atoms with van der Waals surface area (Å²) in [7, 11) is -7.38. The average molecular weight is 370 g/mol. The van der Waals surface area contributed by atoms with Crippen LogP contribution in [0.3, 0.4) is 0 Å². The molecule has 0 saturated heterocycles. The molecule has 1 aliphatic rings. The van der Waals surface area contributed by atoms with Crippen LogP contribution in [-0.4, -0.2) is 37.9 Å². The van der Waals surface area contributed by atoms with Gasteiger partial charge < -0.3 is 0 Å². The quantitative estimate of drug-likeness (QED) is 0.852. The van der Waals surface area contributed by atoms with Crippen LogP contribution in [0.4, 0.5) is 0 Å². The molecule has 0 amide bonds. The van der Waals surface area contributed by atoms with Crippen molar-refractivity contribution in [1.29, 1.82) is 0 Å². The van der Waals surface area contributed by atoms with E-state index in [0.717, 1.165) is 12.7 Å². The largest absolute Gasteiger partial charge is 0.248 e. The summed E-state index contributed by atoms with van der Waals surface area (Å²) >= 11 is 0. The third-order valence-corrected chi connectivity index (χ3v) is 6.72. The Morgan fingerprint density at radius 1 is 1.25 bits per heavy atom. The molecule has 8 nitrogen and oxygen atoms in total. The number of nitrogens with zero attached hydrogens (tertiary/aromatic N) is 3. The lowest BCUT2D eigenvalue weighted by molar-refractivity contribution is 0.400. The zero-order chi connectivity index (χ0) is 17.5. The molecule has 0 fully saturated rings. The fraction of sp³-hybridized carbons (Fsp3) is 0.429. The minimum absolute atomic E-state index is 0.0275. The lowest BCUT2D eigenvalue weighted by Gasteiger charge is -2.23. The molecular formula is C14H18N4O4S2. The number of rotatable bonds is 4. The van der Waals surface area contributed by atoms with E-state index in [-0.39, 0.29) is 9.79 Å². The molecule has 2 heterocycles. The minimum atomic E-state index is -3.89. The van der Waals surface area contributed by atoms with E-state index in [9.17, 15) is 16.8 Å². The highest BCUT2D eigenvalue weighted by Gasteiger charge is 2.29. The normalized spacial score (nSPS) is 18.3.